The van der Waals surface area contributed by atoms with E-state index in [1.807, 2.05) is 6.07 Å². The highest BCUT2D eigenvalue weighted by atomic mass is 32.2. The molecule has 3 nitrogen and oxygen atoms in total. The van der Waals surface area contributed by atoms with Crippen LogP contribution in [0.2, 0.25) is 0 Å². The molecule has 0 unspecified atom stereocenters. The fraction of sp³-hybridized carbons (Fsp3) is 0.273. The number of nitrogens with one attached hydrogen (secondary N) is 1. The van der Waals surface area contributed by atoms with Crippen molar-refractivity contribution >= 4 is 22.8 Å². The van der Waals surface area contributed by atoms with Crippen molar-refractivity contribution in [3.63, 3.8) is 0 Å². The first kappa shape index (κ1) is 10.1. The number of benzene rings is 1. The van der Waals surface area contributed by atoms with E-state index in [4.69, 9.17) is 5.26 Å². The highest BCUT2D eigenvalue weighted by Gasteiger charge is 2.03. The summed E-state index contributed by atoms with van der Waals surface area (Å²) in [5, 5.41) is 9.29. The number of aryl methyl sites for hydroxylation is 1. The highest BCUT2D eigenvalue weighted by molar-refractivity contribution is 7.99. The molecule has 0 radical (unpaired) electrons. The molecule has 0 amide bonds. The third kappa shape index (κ3) is 2.13. The molecule has 1 aromatic heterocycles. The van der Waals surface area contributed by atoms with Gasteiger partial charge < -0.3 is 4.98 Å². The maximum atomic E-state index is 8.47. The van der Waals surface area contributed by atoms with Crippen LogP contribution in [0.5, 0.6) is 0 Å². The van der Waals surface area contributed by atoms with Crippen LogP contribution >= 0.6 is 11.8 Å². The Morgan fingerprint density at radius 2 is 2.40 bits per heavy atom. The SMILES string of the molecule is CCc1ccc2nc(SCC#N)[nH]c2c1. The lowest BCUT2D eigenvalue weighted by molar-refractivity contribution is 1.08. The van der Waals surface area contributed by atoms with Gasteiger partial charge in [-0.25, -0.2) is 4.98 Å². The largest absolute Gasteiger partial charge is 0.333 e. The standard InChI is InChI=1S/C11H11N3S/c1-2-8-3-4-9-10(7-8)14-11(13-9)15-6-5-12/h3-4,7H,2,6H2,1H3,(H,13,14). The number of imidazole rings is 1. The molecule has 0 aliphatic rings. The molecule has 15 heavy (non-hydrogen) atoms. The second kappa shape index (κ2) is 4.37. The number of rotatable bonds is 3. The van der Waals surface area contributed by atoms with Crippen LogP contribution in [-0.4, -0.2) is 15.7 Å². The predicted molar refractivity (Wildman–Crippen MR) is 61.8 cm³/mol. The first-order valence-electron chi connectivity index (χ1n) is 4.82. The van der Waals surface area contributed by atoms with Crippen molar-refractivity contribution in [1.29, 1.82) is 5.26 Å². The molecule has 0 spiro atoms. The van der Waals surface area contributed by atoms with E-state index in [0.29, 0.717) is 5.75 Å². The molecule has 0 fully saturated rings. The Kier molecular flexibility index (Phi) is 2.93. The second-order valence-electron chi connectivity index (χ2n) is 3.19. The van der Waals surface area contributed by atoms with E-state index in [1.165, 1.54) is 17.3 Å². The predicted octanol–water partition coefficient (Wildman–Crippen LogP) is 2.74. The monoisotopic (exact) mass is 217 g/mol. The number of hydrogen-bond donors (Lipinski definition) is 1. The van der Waals surface area contributed by atoms with Crippen molar-refractivity contribution in [1.82, 2.24) is 9.97 Å². The van der Waals surface area contributed by atoms with Crippen molar-refractivity contribution in [3.8, 4) is 6.07 Å². The summed E-state index contributed by atoms with van der Waals surface area (Å²) in [5.41, 5.74) is 3.31. The van der Waals surface area contributed by atoms with E-state index < -0.39 is 0 Å². The lowest BCUT2D eigenvalue weighted by Gasteiger charge is -1.93. The maximum absolute atomic E-state index is 8.47. The highest BCUT2D eigenvalue weighted by Crippen LogP contribution is 2.20. The van der Waals surface area contributed by atoms with E-state index in [1.54, 1.807) is 0 Å². The van der Waals surface area contributed by atoms with Crippen LogP contribution in [0.1, 0.15) is 12.5 Å². The third-order valence-corrected chi connectivity index (χ3v) is 2.95. The van der Waals surface area contributed by atoms with Gasteiger partial charge in [0.05, 0.1) is 22.9 Å². The van der Waals surface area contributed by atoms with E-state index in [9.17, 15) is 0 Å². The smallest absolute Gasteiger partial charge is 0.167 e. The molecule has 4 heteroatoms. The fourth-order valence-electron chi connectivity index (χ4n) is 1.42. The summed E-state index contributed by atoms with van der Waals surface area (Å²) < 4.78 is 0. The van der Waals surface area contributed by atoms with E-state index >= 15 is 0 Å². The number of H-pyrrole nitrogens is 1. The molecule has 0 atom stereocenters. The molecule has 1 N–H and O–H groups in total. The molecular weight excluding hydrogens is 206 g/mol. The molecule has 1 heterocycles. The zero-order valence-electron chi connectivity index (χ0n) is 8.45. The van der Waals surface area contributed by atoms with Crippen LogP contribution in [0.15, 0.2) is 23.4 Å². The molecule has 76 valence electrons. The van der Waals surface area contributed by atoms with Gasteiger partial charge in [-0.15, -0.1) is 0 Å². The molecule has 1 aromatic carbocycles. The number of nitriles is 1. The number of hydrogen-bond acceptors (Lipinski definition) is 3. The zero-order valence-corrected chi connectivity index (χ0v) is 9.27. The van der Waals surface area contributed by atoms with Gasteiger partial charge in [0, 0.05) is 0 Å². The minimum absolute atomic E-state index is 0.431. The zero-order chi connectivity index (χ0) is 10.7. The number of nitrogens with zero attached hydrogens (tertiary/aromatic N) is 2. The Hall–Kier alpha value is -1.47. The van der Waals surface area contributed by atoms with Gasteiger partial charge in [-0.1, -0.05) is 24.8 Å². The van der Waals surface area contributed by atoms with Crippen molar-refractivity contribution in [2.45, 2.75) is 18.5 Å². The first-order chi connectivity index (χ1) is 7.33. The van der Waals surface area contributed by atoms with Gasteiger partial charge in [-0.05, 0) is 24.1 Å². The van der Waals surface area contributed by atoms with Crippen molar-refractivity contribution in [2.75, 3.05) is 5.75 Å². The molecule has 2 aromatic rings. The van der Waals surface area contributed by atoms with Crippen LogP contribution in [0.25, 0.3) is 11.0 Å². The normalized spacial score (nSPS) is 10.4. The summed E-state index contributed by atoms with van der Waals surface area (Å²) in [6.45, 7) is 2.13. The fourth-order valence-corrected chi connectivity index (χ4v) is 1.97. The summed E-state index contributed by atoms with van der Waals surface area (Å²) in [4.78, 5) is 7.59. The lowest BCUT2D eigenvalue weighted by Crippen LogP contribution is -1.78. The van der Waals surface area contributed by atoms with Gasteiger partial charge in [0.2, 0.25) is 0 Å². The van der Waals surface area contributed by atoms with Crippen LogP contribution in [0, 0.1) is 11.3 Å². The number of aromatic amines is 1. The van der Waals surface area contributed by atoms with Crippen molar-refractivity contribution < 1.29 is 0 Å². The van der Waals surface area contributed by atoms with Crippen molar-refractivity contribution in [3.05, 3.63) is 23.8 Å². The van der Waals surface area contributed by atoms with Crippen molar-refractivity contribution in [2.24, 2.45) is 0 Å². The number of aromatic nitrogens is 2. The first-order valence-corrected chi connectivity index (χ1v) is 5.80. The summed E-state index contributed by atoms with van der Waals surface area (Å²) in [6.07, 6.45) is 1.02. The van der Waals surface area contributed by atoms with Gasteiger partial charge >= 0.3 is 0 Å². The van der Waals surface area contributed by atoms with Gasteiger partial charge in [-0.2, -0.15) is 5.26 Å². The second-order valence-corrected chi connectivity index (χ2v) is 4.16. The van der Waals surface area contributed by atoms with E-state index in [0.717, 1.165) is 22.6 Å². The van der Waals surface area contributed by atoms with Crippen LogP contribution in [-0.2, 0) is 6.42 Å². The summed E-state index contributed by atoms with van der Waals surface area (Å²) in [7, 11) is 0. The summed E-state index contributed by atoms with van der Waals surface area (Å²) in [5.74, 6) is 0.431. The Bertz CT molecular complexity index is 510. The molecular formula is C11H11N3S. The van der Waals surface area contributed by atoms with Crippen LogP contribution in [0.4, 0.5) is 0 Å². The van der Waals surface area contributed by atoms with Gasteiger partial charge in [-0.3, -0.25) is 0 Å². The molecule has 0 bridgehead atoms. The molecule has 0 saturated carbocycles. The Morgan fingerprint density at radius 3 is 3.13 bits per heavy atom. The molecule has 0 aliphatic heterocycles. The number of thioether (sulfide) groups is 1. The minimum atomic E-state index is 0.431. The molecule has 0 saturated heterocycles. The Morgan fingerprint density at radius 1 is 1.53 bits per heavy atom. The van der Waals surface area contributed by atoms with Gasteiger partial charge in [0.25, 0.3) is 0 Å². The van der Waals surface area contributed by atoms with Crippen LogP contribution < -0.4 is 0 Å². The third-order valence-electron chi connectivity index (χ3n) is 2.21. The van der Waals surface area contributed by atoms with Gasteiger partial charge in [0.15, 0.2) is 5.16 Å². The lowest BCUT2D eigenvalue weighted by atomic mass is 10.1. The molecule has 2 rings (SSSR count). The van der Waals surface area contributed by atoms with E-state index in [2.05, 4.69) is 35.1 Å². The Labute approximate surface area is 92.5 Å². The van der Waals surface area contributed by atoms with Gasteiger partial charge in [0.1, 0.15) is 0 Å². The summed E-state index contributed by atoms with van der Waals surface area (Å²) in [6, 6.07) is 8.30. The Balaban J connectivity index is 2.34. The summed E-state index contributed by atoms with van der Waals surface area (Å²) >= 11 is 1.43. The topological polar surface area (TPSA) is 52.5 Å². The minimum Gasteiger partial charge on any atom is -0.333 e. The van der Waals surface area contributed by atoms with Crippen LogP contribution in [0.3, 0.4) is 0 Å². The quantitative estimate of drug-likeness (QED) is 0.804. The van der Waals surface area contributed by atoms with E-state index in [-0.39, 0.29) is 0 Å². The average Bonchev–Trinajstić information content (AvgIpc) is 2.67. The number of fused-ring (bicyclic) bond motifs is 1. The molecule has 0 aliphatic carbocycles. The maximum Gasteiger partial charge on any atom is 0.167 e. The average molecular weight is 217 g/mol.